The predicted octanol–water partition coefficient (Wildman–Crippen LogP) is 7.87. The van der Waals surface area contributed by atoms with Gasteiger partial charge in [0.25, 0.3) is 0 Å². The zero-order valence-electron chi connectivity index (χ0n) is 22.0. The second-order valence-electron chi connectivity index (χ2n) is 10.6. The lowest BCUT2D eigenvalue weighted by Crippen LogP contribution is -2.15. The number of hydrogen-bond acceptors (Lipinski definition) is 6. The number of fused-ring (bicyclic) bond motifs is 6. The second kappa shape index (κ2) is 8.38. The van der Waals surface area contributed by atoms with Crippen molar-refractivity contribution in [2.45, 2.75) is 19.3 Å². The minimum absolute atomic E-state index is 0.228. The molecule has 40 heavy (non-hydrogen) atoms. The van der Waals surface area contributed by atoms with Gasteiger partial charge in [-0.15, -0.1) is 0 Å². The van der Waals surface area contributed by atoms with Crippen LogP contribution in [0.2, 0.25) is 0 Å². The molecule has 1 aliphatic carbocycles. The number of benzene rings is 3. The van der Waals surface area contributed by atoms with E-state index >= 15 is 0 Å². The van der Waals surface area contributed by atoms with Crippen molar-refractivity contribution in [2.24, 2.45) is 0 Å². The molecule has 0 fully saturated rings. The molecule has 0 radical (unpaired) electrons. The smallest absolute Gasteiger partial charge is 0.182 e. The average molecular weight is 518 g/mol. The van der Waals surface area contributed by atoms with E-state index in [-0.39, 0.29) is 5.41 Å². The fourth-order valence-corrected chi connectivity index (χ4v) is 5.82. The van der Waals surface area contributed by atoms with Gasteiger partial charge in [-0.05, 0) is 70.8 Å². The first-order chi connectivity index (χ1) is 19.6. The van der Waals surface area contributed by atoms with Crippen molar-refractivity contribution >= 4 is 21.9 Å². The summed E-state index contributed by atoms with van der Waals surface area (Å²) in [7, 11) is 0. The van der Waals surface area contributed by atoms with Gasteiger partial charge >= 0.3 is 0 Å². The van der Waals surface area contributed by atoms with Gasteiger partial charge in [-0.2, -0.15) is 0 Å². The van der Waals surface area contributed by atoms with Crippen LogP contribution in [0, 0.1) is 0 Å². The molecular formula is C34H23N5O. The first-order valence-corrected chi connectivity index (χ1v) is 13.3. The van der Waals surface area contributed by atoms with Crippen molar-refractivity contribution in [1.82, 2.24) is 24.9 Å². The minimum Gasteiger partial charge on any atom is -0.456 e. The Morgan fingerprint density at radius 2 is 1.20 bits per heavy atom. The molecule has 6 nitrogen and oxygen atoms in total. The summed E-state index contributed by atoms with van der Waals surface area (Å²) in [5, 5.41) is 2.28. The van der Waals surface area contributed by atoms with E-state index in [4.69, 9.17) is 19.4 Å². The van der Waals surface area contributed by atoms with E-state index in [1.54, 1.807) is 12.4 Å². The van der Waals surface area contributed by atoms with E-state index in [1.165, 1.54) is 22.3 Å². The molecule has 3 aromatic carbocycles. The minimum atomic E-state index is -0.228. The Labute approximate surface area is 230 Å². The van der Waals surface area contributed by atoms with Crippen LogP contribution < -0.4 is 0 Å². The number of aromatic nitrogens is 5. The van der Waals surface area contributed by atoms with Gasteiger partial charge in [-0.25, -0.2) is 15.0 Å². The van der Waals surface area contributed by atoms with Crippen LogP contribution in [0.4, 0.5) is 0 Å². The van der Waals surface area contributed by atoms with Crippen LogP contribution in [0.15, 0.2) is 108 Å². The summed E-state index contributed by atoms with van der Waals surface area (Å²) in [6.07, 6.45) is 3.49. The maximum absolute atomic E-state index is 6.23. The Morgan fingerprint density at radius 1 is 0.550 bits per heavy atom. The highest BCUT2D eigenvalue weighted by Crippen LogP contribution is 2.51. The van der Waals surface area contributed by atoms with Crippen molar-refractivity contribution in [1.29, 1.82) is 0 Å². The molecule has 4 heterocycles. The van der Waals surface area contributed by atoms with Crippen molar-refractivity contribution in [3.63, 3.8) is 0 Å². The topological polar surface area (TPSA) is 77.6 Å². The van der Waals surface area contributed by atoms with Crippen molar-refractivity contribution in [3.05, 3.63) is 115 Å². The molecule has 0 unspecified atom stereocenters. The molecule has 0 aliphatic heterocycles. The summed E-state index contributed by atoms with van der Waals surface area (Å²) >= 11 is 0. The summed E-state index contributed by atoms with van der Waals surface area (Å²) in [5.41, 5.74) is 8.85. The number of para-hydroxylation sites is 1. The number of rotatable bonds is 3. The molecule has 0 saturated heterocycles. The first-order valence-electron chi connectivity index (χ1n) is 13.3. The summed E-state index contributed by atoms with van der Waals surface area (Å²) in [6.45, 7) is 4.53. The maximum atomic E-state index is 6.23. The number of nitrogens with zero attached hydrogens (tertiary/aromatic N) is 5. The Bertz CT molecular complexity index is 2020. The van der Waals surface area contributed by atoms with Crippen LogP contribution in [-0.4, -0.2) is 24.9 Å². The predicted molar refractivity (Wildman–Crippen MR) is 157 cm³/mol. The third kappa shape index (κ3) is 3.39. The lowest BCUT2D eigenvalue weighted by Gasteiger charge is -2.21. The maximum Gasteiger partial charge on any atom is 0.182 e. The second-order valence-corrected chi connectivity index (χ2v) is 10.6. The Kier molecular flexibility index (Phi) is 4.76. The van der Waals surface area contributed by atoms with E-state index < -0.39 is 0 Å². The summed E-state index contributed by atoms with van der Waals surface area (Å²) in [5.74, 6) is 1.62. The molecule has 0 spiro atoms. The highest BCUT2D eigenvalue weighted by atomic mass is 16.3. The van der Waals surface area contributed by atoms with E-state index in [2.05, 4.69) is 66.3 Å². The summed E-state index contributed by atoms with van der Waals surface area (Å²) in [6, 6.07) is 30.7. The summed E-state index contributed by atoms with van der Waals surface area (Å²) in [4.78, 5) is 23.4. The van der Waals surface area contributed by atoms with Gasteiger partial charge in [0.15, 0.2) is 17.5 Å². The molecule has 0 bridgehead atoms. The van der Waals surface area contributed by atoms with Crippen LogP contribution in [-0.2, 0) is 5.41 Å². The zero-order valence-corrected chi connectivity index (χ0v) is 22.0. The van der Waals surface area contributed by atoms with Crippen molar-refractivity contribution in [2.75, 3.05) is 0 Å². The third-order valence-electron chi connectivity index (χ3n) is 7.85. The molecule has 1 aliphatic rings. The SMILES string of the molecule is CC1(C)c2cc(-c3nc(-c4ccccn4)nc(-c4ccccn4)n3)ccc2-c2cc3c(cc21)oc1ccccc13. The summed E-state index contributed by atoms with van der Waals surface area (Å²) < 4.78 is 6.23. The van der Waals surface area contributed by atoms with Gasteiger partial charge in [0.05, 0.1) is 0 Å². The van der Waals surface area contributed by atoms with E-state index in [0.717, 1.165) is 27.5 Å². The highest BCUT2D eigenvalue weighted by molar-refractivity contribution is 6.07. The van der Waals surface area contributed by atoms with Crippen LogP contribution in [0.5, 0.6) is 0 Å². The monoisotopic (exact) mass is 517 g/mol. The van der Waals surface area contributed by atoms with Gasteiger partial charge < -0.3 is 4.42 Å². The van der Waals surface area contributed by atoms with Crippen LogP contribution >= 0.6 is 0 Å². The van der Waals surface area contributed by atoms with E-state index in [1.807, 2.05) is 48.5 Å². The Morgan fingerprint density at radius 3 is 1.90 bits per heavy atom. The molecular weight excluding hydrogens is 494 g/mol. The quantitative estimate of drug-likeness (QED) is 0.237. The van der Waals surface area contributed by atoms with Gasteiger partial charge in [-0.3, -0.25) is 9.97 Å². The van der Waals surface area contributed by atoms with Crippen LogP contribution in [0.3, 0.4) is 0 Å². The fraction of sp³-hybridized carbons (Fsp3) is 0.0882. The highest BCUT2D eigenvalue weighted by Gasteiger charge is 2.36. The standard InChI is InChI=1S/C34H23N5O/c1-34(2)25-17-20(13-14-21(25)23-18-24-22-9-3-4-12-29(22)40-30(24)19-26(23)34)31-37-32(27-10-5-7-15-35-27)39-33(38-31)28-11-6-8-16-36-28/h3-19H,1-2H3. The molecule has 0 atom stereocenters. The lowest BCUT2D eigenvalue weighted by atomic mass is 9.82. The largest absolute Gasteiger partial charge is 0.456 e. The molecule has 6 heteroatoms. The van der Waals surface area contributed by atoms with Gasteiger partial charge in [0.2, 0.25) is 0 Å². The van der Waals surface area contributed by atoms with Gasteiger partial charge in [0.1, 0.15) is 22.6 Å². The lowest BCUT2D eigenvalue weighted by molar-refractivity contribution is 0.647. The van der Waals surface area contributed by atoms with Crippen LogP contribution in [0.25, 0.3) is 67.5 Å². The number of hydrogen-bond donors (Lipinski definition) is 0. The van der Waals surface area contributed by atoms with E-state index in [9.17, 15) is 0 Å². The van der Waals surface area contributed by atoms with Crippen molar-refractivity contribution in [3.8, 4) is 45.6 Å². The molecule has 190 valence electrons. The molecule has 4 aromatic heterocycles. The number of furan rings is 1. The molecule has 8 rings (SSSR count). The Balaban J connectivity index is 1.31. The fourth-order valence-electron chi connectivity index (χ4n) is 5.82. The Hall–Kier alpha value is -5.23. The van der Waals surface area contributed by atoms with Crippen LogP contribution in [0.1, 0.15) is 25.0 Å². The molecule has 0 amide bonds. The molecule has 0 saturated carbocycles. The first kappa shape index (κ1) is 22.7. The van der Waals surface area contributed by atoms with E-state index in [0.29, 0.717) is 28.9 Å². The average Bonchev–Trinajstić information content (AvgIpc) is 3.48. The number of pyridine rings is 2. The van der Waals surface area contributed by atoms with Gasteiger partial charge in [-0.1, -0.05) is 56.3 Å². The third-order valence-corrected chi connectivity index (χ3v) is 7.85. The molecule has 7 aromatic rings. The zero-order chi connectivity index (χ0) is 26.8. The van der Waals surface area contributed by atoms with Crippen molar-refractivity contribution < 1.29 is 4.42 Å². The van der Waals surface area contributed by atoms with Gasteiger partial charge in [0, 0.05) is 34.1 Å². The normalized spacial score (nSPS) is 13.4. The molecule has 0 N–H and O–H groups in total.